The number of hydrogen-bond acceptors (Lipinski definition) is 4. The van der Waals surface area contributed by atoms with Crippen molar-refractivity contribution in [3.63, 3.8) is 0 Å². The van der Waals surface area contributed by atoms with Gasteiger partial charge in [0.25, 0.3) is 11.8 Å². The van der Waals surface area contributed by atoms with Crippen LogP contribution in [-0.4, -0.2) is 18.4 Å². The van der Waals surface area contributed by atoms with E-state index in [0.717, 1.165) is 28.0 Å². The van der Waals surface area contributed by atoms with E-state index in [1.807, 2.05) is 45.0 Å². The summed E-state index contributed by atoms with van der Waals surface area (Å²) in [5.41, 5.74) is 4.67. The standard InChI is InChI=1S/C23H24N2O4/c1-15-10-16(2)22(17(3)11-15)29-14-21(26)24-13-18-6-4-7-19(12-18)25-23(27)20-8-5-9-28-20/h4-12H,13-14H2,1-3H3,(H,24,26)(H,25,27). The Morgan fingerprint density at radius 2 is 1.76 bits per heavy atom. The molecule has 1 aromatic heterocycles. The van der Waals surface area contributed by atoms with Gasteiger partial charge in [0.15, 0.2) is 12.4 Å². The molecular formula is C23H24N2O4. The van der Waals surface area contributed by atoms with E-state index in [1.54, 1.807) is 24.3 Å². The Morgan fingerprint density at radius 1 is 1.00 bits per heavy atom. The molecule has 0 radical (unpaired) electrons. The Hall–Kier alpha value is -3.54. The molecule has 0 saturated carbocycles. The first kappa shape index (κ1) is 20.2. The van der Waals surface area contributed by atoms with Crippen LogP contribution in [0.15, 0.2) is 59.2 Å². The highest BCUT2D eigenvalue weighted by Crippen LogP contribution is 2.24. The summed E-state index contributed by atoms with van der Waals surface area (Å²) < 4.78 is 10.8. The van der Waals surface area contributed by atoms with Crippen molar-refractivity contribution in [1.29, 1.82) is 0 Å². The maximum Gasteiger partial charge on any atom is 0.291 e. The summed E-state index contributed by atoms with van der Waals surface area (Å²) in [6, 6.07) is 14.6. The molecule has 6 nitrogen and oxygen atoms in total. The van der Waals surface area contributed by atoms with Crippen molar-refractivity contribution < 1.29 is 18.7 Å². The molecular weight excluding hydrogens is 368 g/mol. The zero-order chi connectivity index (χ0) is 20.8. The normalized spacial score (nSPS) is 10.4. The van der Waals surface area contributed by atoms with Gasteiger partial charge in [-0.2, -0.15) is 0 Å². The molecule has 1 heterocycles. The van der Waals surface area contributed by atoms with Crippen molar-refractivity contribution in [2.45, 2.75) is 27.3 Å². The largest absolute Gasteiger partial charge is 0.483 e. The Morgan fingerprint density at radius 3 is 2.45 bits per heavy atom. The molecule has 150 valence electrons. The summed E-state index contributed by atoms with van der Waals surface area (Å²) in [6.45, 7) is 6.24. The highest BCUT2D eigenvalue weighted by molar-refractivity contribution is 6.02. The van der Waals surface area contributed by atoms with Gasteiger partial charge in [0.1, 0.15) is 5.75 Å². The minimum Gasteiger partial charge on any atom is -0.483 e. The maximum absolute atomic E-state index is 12.2. The molecule has 0 aliphatic heterocycles. The first-order valence-electron chi connectivity index (χ1n) is 9.33. The first-order chi connectivity index (χ1) is 13.9. The summed E-state index contributed by atoms with van der Waals surface area (Å²) in [7, 11) is 0. The minimum atomic E-state index is -0.326. The number of carbonyl (C=O) groups excluding carboxylic acids is 2. The lowest BCUT2D eigenvalue weighted by Crippen LogP contribution is -2.28. The number of carbonyl (C=O) groups is 2. The fourth-order valence-corrected chi connectivity index (χ4v) is 3.14. The summed E-state index contributed by atoms with van der Waals surface area (Å²) >= 11 is 0. The Labute approximate surface area is 169 Å². The zero-order valence-electron chi connectivity index (χ0n) is 16.7. The van der Waals surface area contributed by atoms with Gasteiger partial charge in [-0.3, -0.25) is 9.59 Å². The maximum atomic E-state index is 12.2. The van der Waals surface area contributed by atoms with Crippen LogP contribution in [0.3, 0.4) is 0 Å². The number of anilines is 1. The topological polar surface area (TPSA) is 80.6 Å². The molecule has 0 aliphatic carbocycles. The van der Waals surface area contributed by atoms with Crippen LogP contribution >= 0.6 is 0 Å². The van der Waals surface area contributed by atoms with E-state index in [1.165, 1.54) is 6.26 Å². The van der Waals surface area contributed by atoms with Gasteiger partial charge >= 0.3 is 0 Å². The number of hydrogen-bond donors (Lipinski definition) is 2. The lowest BCUT2D eigenvalue weighted by Gasteiger charge is -2.13. The van der Waals surface area contributed by atoms with E-state index >= 15 is 0 Å². The molecule has 6 heteroatoms. The van der Waals surface area contributed by atoms with Crippen LogP contribution < -0.4 is 15.4 Å². The number of rotatable bonds is 7. The molecule has 2 aromatic carbocycles. The molecule has 0 atom stereocenters. The van der Waals surface area contributed by atoms with E-state index in [4.69, 9.17) is 9.15 Å². The van der Waals surface area contributed by atoms with E-state index in [0.29, 0.717) is 12.2 Å². The number of aryl methyl sites for hydroxylation is 3. The van der Waals surface area contributed by atoms with Crippen LogP contribution in [0, 0.1) is 20.8 Å². The lowest BCUT2D eigenvalue weighted by molar-refractivity contribution is -0.123. The van der Waals surface area contributed by atoms with Gasteiger partial charge in [-0.15, -0.1) is 0 Å². The molecule has 0 unspecified atom stereocenters. The van der Waals surface area contributed by atoms with Crippen molar-refractivity contribution in [2.24, 2.45) is 0 Å². The summed E-state index contributed by atoms with van der Waals surface area (Å²) in [5, 5.41) is 5.60. The highest BCUT2D eigenvalue weighted by atomic mass is 16.5. The molecule has 2 amide bonds. The van der Waals surface area contributed by atoms with Crippen molar-refractivity contribution in [3.05, 3.63) is 82.8 Å². The predicted octanol–water partition coefficient (Wildman–Crippen LogP) is 4.15. The highest BCUT2D eigenvalue weighted by Gasteiger charge is 2.10. The number of nitrogens with one attached hydrogen (secondary N) is 2. The van der Waals surface area contributed by atoms with Crippen molar-refractivity contribution in [3.8, 4) is 5.75 Å². The van der Waals surface area contributed by atoms with Crippen LogP contribution in [0.2, 0.25) is 0 Å². The van der Waals surface area contributed by atoms with E-state index in [-0.39, 0.29) is 24.2 Å². The molecule has 0 spiro atoms. The third kappa shape index (κ3) is 5.48. The van der Waals surface area contributed by atoms with Gasteiger partial charge in [-0.1, -0.05) is 29.8 Å². The summed E-state index contributed by atoms with van der Waals surface area (Å²) in [6.07, 6.45) is 1.45. The second-order valence-electron chi connectivity index (χ2n) is 6.93. The average molecular weight is 392 g/mol. The Bertz CT molecular complexity index is 986. The zero-order valence-corrected chi connectivity index (χ0v) is 16.7. The minimum absolute atomic E-state index is 0.0559. The monoisotopic (exact) mass is 392 g/mol. The summed E-state index contributed by atoms with van der Waals surface area (Å²) in [5.74, 6) is 0.443. The molecule has 0 saturated heterocycles. The van der Waals surface area contributed by atoms with Gasteiger partial charge < -0.3 is 19.8 Å². The number of ether oxygens (including phenoxy) is 1. The molecule has 3 rings (SSSR count). The van der Waals surface area contributed by atoms with Crippen LogP contribution in [0.25, 0.3) is 0 Å². The first-order valence-corrected chi connectivity index (χ1v) is 9.33. The second-order valence-corrected chi connectivity index (χ2v) is 6.93. The lowest BCUT2D eigenvalue weighted by atomic mass is 10.1. The van der Waals surface area contributed by atoms with Crippen LogP contribution in [0.4, 0.5) is 5.69 Å². The number of benzene rings is 2. The van der Waals surface area contributed by atoms with Crippen molar-refractivity contribution in [2.75, 3.05) is 11.9 Å². The fraction of sp³-hybridized carbons (Fsp3) is 0.217. The summed E-state index contributed by atoms with van der Waals surface area (Å²) in [4.78, 5) is 24.2. The van der Waals surface area contributed by atoms with Crippen molar-refractivity contribution in [1.82, 2.24) is 5.32 Å². The predicted molar refractivity (Wildman–Crippen MR) is 111 cm³/mol. The molecule has 0 fully saturated rings. The fourth-order valence-electron chi connectivity index (χ4n) is 3.14. The van der Waals surface area contributed by atoms with E-state index < -0.39 is 0 Å². The average Bonchev–Trinajstić information content (AvgIpc) is 3.21. The van der Waals surface area contributed by atoms with Gasteiger partial charge in [-0.05, 0) is 61.7 Å². The van der Waals surface area contributed by atoms with Crippen molar-refractivity contribution >= 4 is 17.5 Å². The van der Waals surface area contributed by atoms with Gasteiger partial charge in [0, 0.05) is 12.2 Å². The molecule has 0 aliphatic rings. The second kappa shape index (κ2) is 9.10. The molecule has 3 aromatic rings. The molecule has 2 N–H and O–H groups in total. The van der Waals surface area contributed by atoms with Gasteiger partial charge in [-0.25, -0.2) is 0 Å². The molecule has 29 heavy (non-hydrogen) atoms. The van der Waals surface area contributed by atoms with Gasteiger partial charge in [0.05, 0.1) is 6.26 Å². The smallest absolute Gasteiger partial charge is 0.291 e. The SMILES string of the molecule is Cc1cc(C)c(OCC(=O)NCc2cccc(NC(=O)c3ccco3)c2)c(C)c1. The van der Waals surface area contributed by atoms with Gasteiger partial charge in [0.2, 0.25) is 0 Å². The number of furan rings is 1. The van der Waals surface area contributed by atoms with Crippen LogP contribution in [-0.2, 0) is 11.3 Å². The van der Waals surface area contributed by atoms with Crippen LogP contribution in [0.1, 0.15) is 32.8 Å². The Kier molecular flexibility index (Phi) is 6.34. The Balaban J connectivity index is 1.52. The number of amides is 2. The third-order valence-corrected chi connectivity index (χ3v) is 4.37. The third-order valence-electron chi connectivity index (χ3n) is 4.37. The van der Waals surface area contributed by atoms with E-state index in [2.05, 4.69) is 10.6 Å². The van der Waals surface area contributed by atoms with E-state index in [9.17, 15) is 9.59 Å². The molecule has 0 bridgehead atoms. The quantitative estimate of drug-likeness (QED) is 0.633. The van der Waals surface area contributed by atoms with Crippen LogP contribution in [0.5, 0.6) is 5.75 Å².